The van der Waals surface area contributed by atoms with Crippen LogP contribution in [0.4, 0.5) is 5.69 Å². The van der Waals surface area contributed by atoms with Crippen molar-refractivity contribution in [2.45, 2.75) is 45.2 Å². The molecular formula is C23H31N5O2. The number of likely N-dealkylation sites (tertiary alicyclic amines) is 1. The highest BCUT2D eigenvalue weighted by Crippen LogP contribution is 2.36. The van der Waals surface area contributed by atoms with Crippen LogP contribution >= 0.6 is 0 Å². The van der Waals surface area contributed by atoms with Gasteiger partial charge in [-0.25, -0.2) is 0 Å². The van der Waals surface area contributed by atoms with Crippen LogP contribution in [0.25, 0.3) is 10.8 Å². The van der Waals surface area contributed by atoms with Crippen molar-refractivity contribution in [2.75, 3.05) is 37.6 Å². The fourth-order valence-electron chi connectivity index (χ4n) is 4.88. The molecule has 4 rings (SSSR count). The van der Waals surface area contributed by atoms with Crippen molar-refractivity contribution in [1.29, 1.82) is 0 Å². The monoisotopic (exact) mass is 409 g/mol. The normalized spacial score (nSPS) is 19.2. The zero-order valence-corrected chi connectivity index (χ0v) is 17.9. The maximum absolute atomic E-state index is 11.5. The van der Waals surface area contributed by atoms with E-state index in [0.29, 0.717) is 19.1 Å². The smallest absolute Gasteiger partial charge is 0.216 e. The van der Waals surface area contributed by atoms with Crippen LogP contribution in [0.1, 0.15) is 32.3 Å². The molecule has 2 amide bonds. The summed E-state index contributed by atoms with van der Waals surface area (Å²) in [7, 11) is 0. The maximum Gasteiger partial charge on any atom is 0.216 e. The SMILES string of the molecule is CC(=O)NCC(CNC(C)=O)N1CCCC(N2CCc3cncc4cccc2c34)C1. The Morgan fingerprint density at radius 3 is 2.63 bits per heavy atom. The molecule has 2 aromatic rings. The number of carbonyl (C=O) groups excluding carboxylic acids is 2. The van der Waals surface area contributed by atoms with E-state index in [9.17, 15) is 9.59 Å². The van der Waals surface area contributed by atoms with E-state index >= 15 is 0 Å². The van der Waals surface area contributed by atoms with Gasteiger partial charge >= 0.3 is 0 Å². The first-order valence-corrected chi connectivity index (χ1v) is 10.9. The number of hydrogen-bond donors (Lipinski definition) is 2. The molecule has 30 heavy (non-hydrogen) atoms. The van der Waals surface area contributed by atoms with Gasteiger partial charge in [0.05, 0.1) is 0 Å². The van der Waals surface area contributed by atoms with Gasteiger partial charge in [0.1, 0.15) is 0 Å². The molecule has 1 aromatic heterocycles. The third-order valence-electron chi connectivity index (χ3n) is 6.33. The lowest BCUT2D eigenvalue weighted by Crippen LogP contribution is -2.57. The van der Waals surface area contributed by atoms with Crippen LogP contribution < -0.4 is 15.5 Å². The zero-order chi connectivity index (χ0) is 21.1. The summed E-state index contributed by atoms with van der Waals surface area (Å²) in [5.74, 6) is -0.0754. The summed E-state index contributed by atoms with van der Waals surface area (Å²) in [5.41, 5.74) is 2.64. The summed E-state index contributed by atoms with van der Waals surface area (Å²) < 4.78 is 0. The van der Waals surface area contributed by atoms with Crippen molar-refractivity contribution in [1.82, 2.24) is 20.5 Å². The summed E-state index contributed by atoms with van der Waals surface area (Å²) in [6.07, 6.45) is 7.24. The maximum atomic E-state index is 11.5. The van der Waals surface area contributed by atoms with Crippen LogP contribution in [0.5, 0.6) is 0 Å². The average molecular weight is 410 g/mol. The van der Waals surface area contributed by atoms with Gasteiger partial charge in [-0.1, -0.05) is 12.1 Å². The van der Waals surface area contributed by atoms with Crippen molar-refractivity contribution >= 4 is 28.3 Å². The van der Waals surface area contributed by atoms with Crippen LogP contribution in [0.3, 0.4) is 0 Å². The Bertz CT molecular complexity index is 908. The van der Waals surface area contributed by atoms with Gasteiger partial charge in [-0.3, -0.25) is 19.5 Å². The van der Waals surface area contributed by atoms with Gasteiger partial charge in [0.2, 0.25) is 11.8 Å². The molecular weight excluding hydrogens is 378 g/mol. The van der Waals surface area contributed by atoms with Crippen molar-refractivity contribution < 1.29 is 9.59 Å². The number of carbonyl (C=O) groups is 2. The third kappa shape index (κ3) is 4.41. The molecule has 0 saturated carbocycles. The molecule has 2 aliphatic heterocycles. The summed E-state index contributed by atoms with van der Waals surface area (Å²) >= 11 is 0. The quantitative estimate of drug-likeness (QED) is 0.759. The second kappa shape index (κ2) is 9.00. The largest absolute Gasteiger partial charge is 0.366 e. The number of anilines is 1. The summed E-state index contributed by atoms with van der Waals surface area (Å²) in [5, 5.41) is 8.42. The number of aromatic nitrogens is 1. The minimum Gasteiger partial charge on any atom is -0.366 e. The lowest BCUT2D eigenvalue weighted by atomic mass is 9.94. The molecule has 0 bridgehead atoms. The van der Waals surface area contributed by atoms with E-state index in [1.165, 1.54) is 35.9 Å². The van der Waals surface area contributed by atoms with Crippen molar-refractivity contribution in [3.63, 3.8) is 0 Å². The lowest BCUT2D eigenvalue weighted by molar-refractivity contribution is -0.119. The molecule has 1 saturated heterocycles. The summed E-state index contributed by atoms with van der Waals surface area (Å²) in [6.45, 7) is 7.08. The fraction of sp³-hybridized carbons (Fsp3) is 0.522. The second-order valence-corrected chi connectivity index (χ2v) is 8.44. The minimum atomic E-state index is -0.0377. The van der Waals surface area contributed by atoms with Crippen LogP contribution in [0.2, 0.25) is 0 Å². The lowest BCUT2D eigenvalue weighted by Gasteiger charge is -2.45. The highest BCUT2D eigenvalue weighted by atomic mass is 16.2. The van der Waals surface area contributed by atoms with Gasteiger partial charge in [-0.2, -0.15) is 0 Å². The molecule has 2 N–H and O–H groups in total. The molecule has 7 heteroatoms. The molecule has 2 aliphatic rings. The number of pyridine rings is 1. The van der Waals surface area contributed by atoms with Crippen LogP contribution in [0, 0.1) is 0 Å². The van der Waals surface area contributed by atoms with Gasteiger partial charge in [-0.15, -0.1) is 0 Å². The average Bonchev–Trinajstić information content (AvgIpc) is 2.74. The number of piperidine rings is 1. The van der Waals surface area contributed by atoms with E-state index < -0.39 is 0 Å². The Labute approximate surface area is 177 Å². The van der Waals surface area contributed by atoms with Crippen LogP contribution in [-0.2, 0) is 16.0 Å². The molecule has 0 radical (unpaired) electrons. The molecule has 7 nitrogen and oxygen atoms in total. The number of rotatable bonds is 6. The van der Waals surface area contributed by atoms with Crippen molar-refractivity contribution in [2.24, 2.45) is 0 Å². The van der Waals surface area contributed by atoms with Gasteiger partial charge in [-0.05, 0) is 37.4 Å². The standard InChI is InChI=1S/C23H31N5O2/c1-16(29)25-13-21(14-26-17(2)30)27-9-4-6-20(15-27)28-10-8-19-12-24-11-18-5-3-7-22(28)23(18)19/h3,5,7,11-12,20-21H,4,6,8-10,13-15H2,1-2H3,(H,25,29)(H,26,30). The van der Waals surface area contributed by atoms with E-state index in [-0.39, 0.29) is 17.9 Å². The Hall–Kier alpha value is -2.67. The molecule has 1 fully saturated rings. The van der Waals surface area contributed by atoms with E-state index in [1.54, 1.807) is 0 Å². The van der Waals surface area contributed by atoms with E-state index in [0.717, 1.165) is 38.9 Å². The predicted molar refractivity (Wildman–Crippen MR) is 119 cm³/mol. The number of benzene rings is 1. The molecule has 160 valence electrons. The second-order valence-electron chi connectivity index (χ2n) is 8.44. The Kier molecular flexibility index (Phi) is 6.18. The zero-order valence-electron chi connectivity index (χ0n) is 17.9. The number of nitrogens with one attached hydrogen (secondary N) is 2. The Balaban J connectivity index is 1.53. The van der Waals surface area contributed by atoms with E-state index in [4.69, 9.17) is 0 Å². The molecule has 1 unspecified atom stereocenters. The molecule has 3 heterocycles. The Morgan fingerprint density at radius 2 is 1.90 bits per heavy atom. The first-order chi connectivity index (χ1) is 14.5. The fourth-order valence-corrected chi connectivity index (χ4v) is 4.88. The molecule has 0 aliphatic carbocycles. The minimum absolute atomic E-state index is 0.0377. The van der Waals surface area contributed by atoms with Crippen molar-refractivity contribution in [3.05, 3.63) is 36.2 Å². The van der Waals surface area contributed by atoms with Crippen molar-refractivity contribution in [3.8, 4) is 0 Å². The number of amides is 2. The van der Waals surface area contributed by atoms with Crippen LogP contribution in [0.15, 0.2) is 30.6 Å². The van der Waals surface area contributed by atoms with E-state index in [2.05, 4.69) is 43.6 Å². The predicted octanol–water partition coefficient (Wildman–Crippen LogP) is 1.70. The Morgan fingerprint density at radius 1 is 1.13 bits per heavy atom. The summed E-state index contributed by atoms with van der Waals surface area (Å²) in [6, 6.07) is 7.01. The molecule has 1 aromatic carbocycles. The van der Waals surface area contributed by atoms with Gasteiger partial charge in [0.15, 0.2) is 0 Å². The third-order valence-corrected chi connectivity index (χ3v) is 6.33. The highest BCUT2D eigenvalue weighted by Gasteiger charge is 2.32. The van der Waals surface area contributed by atoms with Crippen LogP contribution in [-0.4, -0.2) is 66.5 Å². The number of hydrogen-bond acceptors (Lipinski definition) is 5. The van der Waals surface area contributed by atoms with Gasteiger partial charge < -0.3 is 15.5 Å². The van der Waals surface area contributed by atoms with Gasteiger partial charge in [0, 0.05) is 81.0 Å². The molecule has 1 atom stereocenters. The topological polar surface area (TPSA) is 77.6 Å². The summed E-state index contributed by atoms with van der Waals surface area (Å²) in [4.78, 5) is 32.3. The van der Waals surface area contributed by atoms with E-state index in [1.807, 2.05) is 12.4 Å². The highest BCUT2D eigenvalue weighted by molar-refractivity contribution is 5.97. The first kappa shape index (κ1) is 20.6. The first-order valence-electron chi connectivity index (χ1n) is 10.9. The molecule has 0 spiro atoms. The van der Waals surface area contributed by atoms with Gasteiger partial charge in [0.25, 0.3) is 0 Å². The number of nitrogens with zero attached hydrogens (tertiary/aromatic N) is 3.